The Labute approximate surface area is 140 Å². The third-order valence-electron chi connectivity index (χ3n) is 4.55. The highest BCUT2D eigenvalue weighted by molar-refractivity contribution is 5.76. The third kappa shape index (κ3) is 3.95. The minimum Gasteiger partial charge on any atom is -0.434 e. The monoisotopic (exact) mass is 342 g/mol. The number of nitrogens with one attached hydrogen (secondary N) is 1. The van der Waals surface area contributed by atoms with Crippen molar-refractivity contribution in [2.45, 2.75) is 51.3 Å². The second-order valence-electron chi connectivity index (χ2n) is 6.24. The number of nitrogens with zero attached hydrogens (tertiary/aromatic N) is 1. The largest absolute Gasteiger partial charge is 0.434 e. The van der Waals surface area contributed by atoms with Gasteiger partial charge in [0.15, 0.2) is 0 Å². The normalized spacial score (nSPS) is 21.8. The smallest absolute Gasteiger partial charge is 0.387 e. The molecule has 0 aromatic heterocycles. The molecule has 1 aliphatic heterocycles. The molecule has 1 fully saturated rings. The molecule has 0 saturated carbocycles. The summed E-state index contributed by atoms with van der Waals surface area (Å²) >= 11 is 0. The van der Waals surface area contributed by atoms with Crippen molar-refractivity contribution in [3.05, 3.63) is 29.8 Å². The minimum atomic E-state index is -2.92. The van der Waals surface area contributed by atoms with Gasteiger partial charge in [-0.15, -0.1) is 0 Å². The molecule has 1 aromatic carbocycles. The van der Waals surface area contributed by atoms with Crippen LogP contribution >= 0.6 is 0 Å². The topological polar surface area (TPSA) is 61.8 Å². The number of rotatable bonds is 6. The molecule has 7 heteroatoms. The number of hydrogen-bond acceptors (Lipinski definition) is 3. The number of carbonyl (C=O) groups is 1. The van der Waals surface area contributed by atoms with Crippen LogP contribution in [0.25, 0.3) is 0 Å². The number of ether oxygens (including phenoxy) is 1. The molecule has 0 unspecified atom stereocenters. The maximum atomic E-state index is 12.6. The lowest BCUT2D eigenvalue weighted by Gasteiger charge is -2.35. The summed E-state index contributed by atoms with van der Waals surface area (Å²) in [5.74, 6) is 0.0611. The molecule has 0 bridgehead atoms. The Kier molecular flexibility index (Phi) is 5.99. The second-order valence-corrected chi connectivity index (χ2v) is 6.24. The zero-order valence-corrected chi connectivity index (χ0v) is 14.0. The summed E-state index contributed by atoms with van der Waals surface area (Å²) < 4.78 is 29.7. The lowest BCUT2D eigenvalue weighted by molar-refractivity contribution is -0.0507. The van der Waals surface area contributed by atoms with Gasteiger partial charge in [-0.05, 0) is 32.3 Å². The molecule has 1 aliphatic rings. The molecule has 0 spiro atoms. The zero-order chi connectivity index (χ0) is 17.7. The van der Waals surface area contributed by atoms with Crippen LogP contribution in [0.3, 0.4) is 0 Å². The summed E-state index contributed by atoms with van der Waals surface area (Å²) in [4.78, 5) is 14.2. The predicted molar refractivity (Wildman–Crippen MR) is 86.1 cm³/mol. The van der Waals surface area contributed by atoms with Gasteiger partial charge in [0.25, 0.3) is 0 Å². The van der Waals surface area contributed by atoms with Crippen molar-refractivity contribution in [3.63, 3.8) is 0 Å². The average Bonchev–Trinajstić information content (AvgIpc) is 2.95. The highest BCUT2D eigenvalue weighted by Gasteiger charge is 2.39. The average molecular weight is 342 g/mol. The lowest BCUT2D eigenvalue weighted by Crippen LogP contribution is -2.52. The number of amides is 2. The van der Waals surface area contributed by atoms with E-state index in [2.05, 4.69) is 10.1 Å². The van der Waals surface area contributed by atoms with Crippen LogP contribution in [0.1, 0.15) is 44.7 Å². The first-order valence-electron chi connectivity index (χ1n) is 8.14. The van der Waals surface area contributed by atoms with Crippen LogP contribution in [0.2, 0.25) is 0 Å². The Balaban J connectivity index is 2.17. The standard InChI is InChI=1S/C17H24F2N2O3/c1-3-13(12-7-4-5-8-14(12)24-15(18)19)20-16(23)21-10-6-9-17(21,2)11-22/h4-5,7-8,13,15,22H,3,6,9-11H2,1-2H3,(H,20,23)/t13-,17+/m1/s1. The van der Waals surface area contributed by atoms with E-state index < -0.39 is 18.2 Å². The number of carbonyl (C=O) groups excluding carboxylic acids is 1. The van der Waals surface area contributed by atoms with Gasteiger partial charge in [-0.1, -0.05) is 25.1 Å². The van der Waals surface area contributed by atoms with Gasteiger partial charge in [-0.25, -0.2) is 4.79 Å². The zero-order valence-electron chi connectivity index (χ0n) is 14.0. The number of urea groups is 1. The Bertz CT molecular complexity index is 571. The van der Waals surface area contributed by atoms with Gasteiger partial charge in [0.2, 0.25) is 0 Å². The summed E-state index contributed by atoms with van der Waals surface area (Å²) in [6.07, 6.45) is 2.09. The first-order chi connectivity index (χ1) is 11.4. The molecule has 2 atom stereocenters. The molecule has 1 aromatic rings. The van der Waals surface area contributed by atoms with Crippen molar-refractivity contribution >= 4 is 6.03 Å². The number of benzene rings is 1. The molecule has 0 aliphatic carbocycles. The van der Waals surface area contributed by atoms with E-state index in [1.165, 1.54) is 6.07 Å². The molecule has 2 amide bonds. The van der Waals surface area contributed by atoms with Crippen LogP contribution in [0.15, 0.2) is 24.3 Å². The fourth-order valence-electron chi connectivity index (χ4n) is 3.13. The number of likely N-dealkylation sites (tertiary alicyclic amines) is 1. The Morgan fingerprint density at radius 1 is 1.46 bits per heavy atom. The quantitative estimate of drug-likeness (QED) is 0.834. The van der Waals surface area contributed by atoms with Crippen molar-refractivity contribution in [3.8, 4) is 5.75 Å². The number of alkyl halides is 2. The van der Waals surface area contributed by atoms with E-state index in [9.17, 15) is 18.7 Å². The predicted octanol–water partition coefficient (Wildman–Crippen LogP) is 3.30. The fraction of sp³-hybridized carbons (Fsp3) is 0.588. The number of halogens is 2. The van der Waals surface area contributed by atoms with Crippen molar-refractivity contribution in [1.29, 1.82) is 0 Å². The van der Waals surface area contributed by atoms with Crippen LogP contribution in [0.5, 0.6) is 5.75 Å². The van der Waals surface area contributed by atoms with E-state index in [4.69, 9.17) is 0 Å². The molecule has 2 rings (SSSR count). The summed E-state index contributed by atoms with van der Waals surface area (Å²) in [7, 11) is 0. The summed E-state index contributed by atoms with van der Waals surface area (Å²) in [6.45, 7) is 1.24. The molecule has 24 heavy (non-hydrogen) atoms. The maximum Gasteiger partial charge on any atom is 0.387 e. The molecular formula is C17H24F2N2O3. The molecule has 5 nitrogen and oxygen atoms in total. The van der Waals surface area contributed by atoms with Gasteiger partial charge in [0.1, 0.15) is 5.75 Å². The maximum absolute atomic E-state index is 12.6. The third-order valence-corrected chi connectivity index (χ3v) is 4.55. The second kappa shape index (κ2) is 7.79. The van der Waals surface area contributed by atoms with Crippen LogP contribution in [0, 0.1) is 0 Å². The number of para-hydroxylation sites is 1. The Morgan fingerprint density at radius 3 is 2.79 bits per heavy atom. The van der Waals surface area contributed by atoms with Crippen molar-refractivity contribution in [1.82, 2.24) is 10.2 Å². The molecular weight excluding hydrogens is 318 g/mol. The van der Waals surface area contributed by atoms with E-state index in [1.54, 1.807) is 23.1 Å². The van der Waals surface area contributed by atoms with Gasteiger partial charge >= 0.3 is 12.6 Å². The van der Waals surface area contributed by atoms with E-state index in [-0.39, 0.29) is 18.4 Å². The van der Waals surface area contributed by atoms with E-state index in [0.29, 0.717) is 18.5 Å². The summed E-state index contributed by atoms with van der Waals surface area (Å²) in [5, 5.41) is 12.5. The van der Waals surface area contributed by atoms with Gasteiger partial charge < -0.3 is 20.1 Å². The van der Waals surface area contributed by atoms with Gasteiger partial charge in [-0.3, -0.25) is 0 Å². The van der Waals surface area contributed by atoms with Gasteiger partial charge in [0, 0.05) is 12.1 Å². The van der Waals surface area contributed by atoms with E-state index in [0.717, 1.165) is 12.8 Å². The molecule has 134 valence electrons. The van der Waals surface area contributed by atoms with Crippen LogP contribution < -0.4 is 10.1 Å². The first-order valence-corrected chi connectivity index (χ1v) is 8.14. The molecule has 2 N–H and O–H groups in total. The summed E-state index contributed by atoms with van der Waals surface area (Å²) in [6, 6.07) is 5.71. The summed E-state index contributed by atoms with van der Waals surface area (Å²) in [5.41, 5.74) is -0.0694. The minimum absolute atomic E-state index is 0.0611. The highest BCUT2D eigenvalue weighted by Crippen LogP contribution is 2.31. The molecule has 1 saturated heterocycles. The highest BCUT2D eigenvalue weighted by atomic mass is 19.3. The SMILES string of the molecule is CC[C@@H](NC(=O)N1CCC[C@@]1(C)CO)c1ccccc1OC(F)F. The Hall–Kier alpha value is -1.89. The van der Waals surface area contributed by atoms with E-state index >= 15 is 0 Å². The van der Waals surface area contributed by atoms with Gasteiger partial charge in [0.05, 0.1) is 18.2 Å². The van der Waals surface area contributed by atoms with Crippen molar-refractivity contribution in [2.75, 3.05) is 13.2 Å². The van der Waals surface area contributed by atoms with Crippen LogP contribution in [-0.4, -0.2) is 41.3 Å². The fourth-order valence-corrected chi connectivity index (χ4v) is 3.13. The first kappa shape index (κ1) is 18.4. The lowest BCUT2D eigenvalue weighted by atomic mass is 10.0. The van der Waals surface area contributed by atoms with Gasteiger partial charge in [-0.2, -0.15) is 8.78 Å². The van der Waals surface area contributed by atoms with Crippen LogP contribution in [-0.2, 0) is 0 Å². The van der Waals surface area contributed by atoms with Crippen molar-refractivity contribution in [2.24, 2.45) is 0 Å². The van der Waals surface area contributed by atoms with Crippen molar-refractivity contribution < 1.29 is 23.4 Å². The number of hydrogen-bond donors (Lipinski definition) is 2. The van der Waals surface area contributed by atoms with E-state index in [1.807, 2.05) is 13.8 Å². The number of aliphatic hydroxyl groups is 1. The molecule has 0 radical (unpaired) electrons. The van der Waals surface area contributed by atoms with Crippen LogP contribution in [0.4, 0.5) is 13.6 Å². The molecule has 1 heterocycles. The number of aliphatic hydroxyl groups excluding tert-OH is 1. The Morgan fingerprint density at radius 2 is 2.17 bits per heavy atom.